The van der Waals surface area contributed by atoms with Crippen LogP contribution in [0.3, 0.4) is 0 Å². The van der Waals surface area contributed by atoms with Gasteiger partial charge in [-0.1, -0.05) is 19.1 Å². The molecule has 0 spiro atoms. The molecule has 3 unspecified atom stereocenters. The van der Waals surface area contributed by atoms with Crippen LogP contribution in [0.1, 0.15) is 39.5 Å². The lowest BCUT2D eigenvalue weighted by molar-refractivity contribution is -0.742. The van der Waals surface area contributed by atoms with E-state index in [0.29, 0.717) is 30.3 Å². The van der Waals surface area contributed by atoms with Gasteiger partial charge < -0.3 is 30.9 Å². The minimum atomic E-state index is -1.11. The average Bonchev–Trinajstić information content (AvgIpc) is 3.76. The normalized spacial score (nSPS) is 33.0. The zero-order valence-corrected chi connectivity index (χ0v) is 25.5. The molecule has 0 aliphatic carbocycles. The van der Waals surface area contributed by atoms with Gasteiger partial charge >= 0.3 is 5.97 Å². The summed E-state index contributed by atoms with van der Waals surface area (Å²) in [6.45, 7) is 8.84. The van der Waals surface area contributed by atoms with Crippen molar-refractivity contribution in [3.8, 4) is 0 Å². The van der Waals surface area contributed by atoms with Crippen LogP contribution in [-0.4, -0.2) is 122 Å². The molecule has 2 amide bonds. The number of hydrogen-bond acceptors (Lipinski definition) is 10. The second-order valence-electron chi connectivity index (χ2n) is 12.8. The number of likely N-dealkylation sites (tertiary alicyclic amines) is 2. The van der Waals surface area contributed by atoms with E-state index in [2.05, 4.69) is 30.6 Å². The molecule has 8 atom stereocenters. The van der Waals surface area contributed by atoms with Crippen molar-refractivity contribution in [2.75, 3.05) is 39.3 Å². The highest BCUT2D eigenvalue weighted by Gasteiger charge is 2.60. The van der Waals surface area contributed by atoms with Crippen molar-refractivity contribution in [3.05, 3.63) is 16.9 Å². The number of nitrogens with one attached hydrogen (secondary N) is 2. The fraction of sp³-hybridized carbons (Fsp3) is 0.750. The number of fused-ring (bicyclic) bond motifs is 2. The number of carboxylic acid groups (broad SMARTS) is 1. The van der Waals surface area contributed by atoms with Crippen molar-refractivity contribution in [2.24, 2.45) is 29.4 Å². The number of tetrazole rings is 1. The minimum Gasteiger partial charge on any atom is -0.477 e. The van der Waals surface area contributed by atoms with Crippen LogP contribution in [-0.2, 0) is 25.7 Å². The summed E-state index contributed by atoms with van der Waals surface area (Å²) < 4.78 is 1.47. The summed E-state index contributed by atoms with van der Waals surface area (Å²) in [6, 6.07) is -0.297. The van der Waals surface area contributed by atoms with Gasteiger partial charge in [0.1, 0.15) is 17.3 Å². The molecule has 0 aromatic carbocycles. The Morgan fingerprint density at radius 1 is 1.28 bits per heavy atom. The molecule has 0 saturated carbocycles. The smallest absolute Gasteiger partial charge is 0.353 e. The summed E-state index contributed by atoms with van der Waals surface area (Å²) >= 11 is 1.50. The lowest BCUT2D eigenvalue weighted by Crippen LogP contribution is -2.62. The Morgan fingerprint density at radius 2 is 2.09 bits per heavy atom. The Labute approximate surface area is 254 Å². The van der Waals surface area contributed by atoms with Gasteiger partial charge in [0.05, 0.1) is 18.0 Å². The quantitative estimate of drug-likeness (QED) is 0.173. The number of hydrogen-bond donors (Lipinski definition) is 4. The van der Waals surface area contributed by atoms with E-state index in [1.165, 1.54) is 27.7 Å². The van der Waals surface area contributed by atoms with Crippen molar-refractivity contribution < 1.29 is 29.0 Å². The maximum atomic E-state index is 13.6. The Kier molecular flexibility index (Phi) is 8.59. The van der Waals surface area contributed by atoms with E-state index in [1.807, 2.05) is 13.8 Å². The standard InChI is InChI=1S/C28H41N9O5S/c1-15(9-18(38)13-35-14-31-32-33-35)22-23-16(2)25(24(28(41)42)37(23)27(22)40)43-19-10-20(30-11-19)26(39)36-7-3-17-12-34(8-5-29)6-4-21(17)36/h14-17,19-23,30H,3-13,29H2,1-2H3,(H,41,42)/p+1/t15-,16+,17?,19-,20?,21?,22+,23+/m0/s1. The van der Waals surface area contributed by atoms with E-state index in [1.54, 1.807) is 0 Å². The molecule has 0 bridgehead atoms. The molecular weight excluding hydrogens is 574 g/mol. The molecule has 4 saturated heterocycles. The summed E-state index contributed by atoms with van der Waals surface area (Å²) in [5.74, 6) is -1.59. The van der Waals surface area contributed by atoms with E-state index in [9.17, 15) is 24.3 Å². The molecule has 0 radical (unpaired) electrons. The molecule has 1 aromatic rings. The zero-order chi connectivity index (χ0) is 30.4. The van der Waals surface area contributed by atoms with Crippen molar-refractivity contribution in [3.63, 3.8) is 0 Å². The lowest BCUT2D eigenvalue weighted by Gasteiger charge is -2.47. The monoisotopic (exact) mass is 616 g/mol. The topological polar surface area (TPSA) is 182 Å². The number of aromatic amines is 1. The Balaban J connectivity index is 1.07. The fourth-order valence-electron chi connectivity index (χ4n) is 8.06. The van der Waals surface area contributed by atoms with Gasteiger partial charge in [-0.3, -0.25) is 14.4 Å². The number of nitrogens with zero attached hydrogens (tertiary/aromatic N) is 6. The third-order valence-electron chi connectivity index (χ3n) is 10.1. The predicted octanol–water partition coefficient (Wildman–Crippen LogP) is -1.19. The fourth-order valence-corrected chi connectivity index (χ4v) is 9.54. The number of rotatable bonds is 11. The molecule has 4 fully saturated rings. The summed E-state index contributed by atoms with van der Waals surface area (Å²) in [4.78, 5) is 58.6. The number of ketones is 1. The van der Waals surface area contributed by atoms with Crippen molar-refractivity contribution in [1.29, 1.82) is 0 Å². The number of piperidine rings is 1. The maximum absolute atomic E-state index is 13.6. The molecule has 6 heterocycles. The van der Waals surface area contributed by atoms with Crippen LogP contribution >= 0.6 is 11.8 Å². The van der Waals surface area contributed by atoms with E-state index < -0.39 is 11.9 Å². The second-order valence-corrected chi connectivity index (χ2v) is 14.1. The SMILES string of the molecule is C[C@@H](CC(=O)C[n+]1cnn[nH]1)[C@H]1C(=O)N2C(C(=O)O)=C(S[C@@H]3CNC(C(=O)N4CCC5CN(CCN)CCC54)C3)[C@H](C)[C@H]12. The van der Waals surface area contributed by atoms with E-state index >= 15 is 0 Å². The second kappa shape index (κ2) is 12.3. The van der Waals surface area contributed by atoms with Gasteiger partial charge in [0.25, 0.3) is 6.33 Å². The molecule has 15 heteroatoms. The number of aromatic nitrogens is 4. The van der Waals surface area contributed by atoms with Gasteiger partial charge in [0.15, 0.2) is 11.0 Å². The van der Waals surface area contributed by atoms with Crippen LogP contribution in [0, 0.1) is 23.7 Å². The van der Waals surface area contributed by atoms with Crippen molar-refractivity contribution in [1.82, 2.24) is 35.5 Å². The highest BCUT2D eigenvalue weighted by molar-refractivity contribution is 8.03. The lowest BCUT2D eigenvalue weighted by atomic mass is 9.73. The van der Waals surface area contributed by atoms with E-state index in [4.69, 9.17) is 5.73 Å². The number of H-pyrrole nitrogens is 1. The van der Waals surface area contributed by atoms with Gasteiger partial charge in [-0.25, -0.2) is 4.79 Å². The van der Waals surface area contributed by atoms with Crippen LogP contribution < -0.4 is 15.7 Å². The largest absolute Gasteiger partial charge is 0.477 e. The first kappa shape index (κ1) is 30.2. The average molecular weight is 617 g/mol. The Morgan fingerprint density at radius 3 is 2.81 bits per heavy atom. The predicted molar refractivity (Wildman–Crippen MR) is 155 cm³/mol. The molecule has 234 valence electrons. The number of thioether (sulfide) groups is 1. The molecule has 43 heavy (non-hydrogen) atoms. The molecule has 1 aromatic heterocycles. The number of carbonyl (C=O) groups excluding carboxylic acids is 3. The first-order chi connectivity index (χ1) is 20.7. The summed E-state index contributed by atoms with van der Waals surface area (Å²) in [6.07, 6.45) is 4.24. The van der Waals surface area contributed by atoms with Crippen molar-refractivity contribution >= 4 is 35.3 Å². The van der Waals surface area contributed by atoms with Gasteiger partial charge in [0.2, 0.25) is 11.8 Å². The Hall–Kier alpha value is -2.88. The first-order valence-corrected chi connectivity index (χ1v) is 16.3. The number of carboxylic acids is 1. The highest BCUT2D eigenvalue weighted by atomic mass is 32.2. The minimum absolute atomic E-state index is 0.0249. The maximum Gasteiger partial charge on any atom is 0.353 e. The summed E-state index contributed by atoms with van der Waals surface area (Å²) in [7, 11) is 0. The Bertz CT molecular complexity index is 1290. The number of β-lactam (4-membered cyclic amide) rings is 1. The molecule has 5 N–H and O–H groups in total. The third-order valence-corrected chi connectivity index (χ3v) is 11.6. The van der Waals surface area contributed by atoms with E-state index in [0.717, 1.165) is 39.0 Å². The number of nitrogens with two attached hydrogens (primary N) is 1. The summed E-state index contributed by atoms with van der Waals surface area (Å²) in [5.41, 5.74) is 5.81. The molecular formula is C28H42N9O5S+. The molecule has 6 rings (SSSR count). The van der Waals surface area contributed by atoms with Gasteiger partial charge in [-0.05, 0) is 31.1 Å². The third kappa shape index (κ3) is 5.60. The van der Waals surface area contributed by atoms with Gasteiger partial charge in [-0.2, -0.15) is 4.68 Å². The van der Waals surface area contributed by atoms with Crippen LogP contribution in [0.4, 0.5) is 0 Å². The number of amides is 2. The number of Topliss-reactive ketones (excluding diaryl/α,β-unsaturated/α-hetero) is 1. The van der Waals surface area contributed by atoms with Gasteiger partial charge in [-0.15, -0.1) is 11.8 Å². The van der Waals surface area contributed by atoms with Gasteiger partial charge in [0, 0.05) is 67.8 Å². The number of aliphatic carboxylic acids is 1. The number of carbonyl (C=O) groups is 4. The first-order valence-electron chi connectivity index (χ1n) is 15.4. The van der Waals surface area contributed by atoms with E-state index in [-0.39, 0.29) is 71.5 Å². The molecule has 14 nitrogen and oxygen atoms in total. The van der Waals surface area contributed by atoms with Crippen LogP contribution in [0.2, 0.25) is 0 Å². The molecule has 5 aliphatic heterocycles. The highest BCUT2D eigenvalue weighted by Crippen LogP contribution is 2.53. The van der Waals surface area contributed by atoms with Crippen molar-refractivity contribution in [2.45, 2.75) is 69.5 Å². The summed E-state index contributed by atoms with van der Waals surface area (Å²) in [5, 5.41) is 23.5. The van der Waals surface area contributed by atoms with Crippen LogP contribution in [0.15, 0.2) is 16.9 Å². The van der Waals surface area contributed by atoms with Crippen LogP contribution in [0.25, 0.3) is 0 Å². The van der Waals surface area contributed by atoms with Crippen LogP contribution in [0.5, 0.6) is 0 Å². The zero-order valence-electron chi connectivity index (χ0n) is 24.7. The molecule has 5 aliphatic rings.